The Kier molecular flexibility index (Phi) is 6.76. The number of pyridine rings is 1. The molecule has 1 aliphatic rings. The number of hydrogen-bond acceptors (Lipinski definition) is 4. The molecule has 1 aromatic carbocycles. The van der Waals surface area contributed by atoms with Crippen molar-refractivity contribution in [2.24, 2.45) is 0 Å². The van der Waals surface area contributed by atoms with Crippen LogP contribution in [-0.4, -0.2) is 54.5 Å². The van der Waals surface area contributed by atoms with E-state index < -0.39 is 17.8 Å². The molecule has 3 amide bonds. The highest BCUT2D eigenvalue weighted by atomic mass is 19.4. The number of amides is 3. The molecule has 1 aromatic heterocycles. The standard InChI is InChI=1S/C20H22F3N5O2/c21-20(22,23)15-4-3-5-16(14-15)26-19(30)25-9-7-18(29)28-12-10-27(11-13-28)17-6-1-2-8-24-17/h1-6,8,14H,7,9-13H2,(H2,25,26,30). The molecule has 10 heteroatoms. The van der Waals surface area contributed by atoms with Crippen LogP contribution in [-0.2, 0) is 11.0 Å². The summed E-state index contributed by atoms with van der Waals surface area (Å²) in [7, 11) is 0. The molecule has 2 heterocycles. The maximum absolute atomic E-state index is 12.7. The van der Waals surface area contributed by atoms with Crippen LogP contribution < -0.4 is 15.5 Å². The molecule has 2 aromatic rings. The molecule has 0 radical (unpaired) electrons. The van der Waals surface area contributed by atoms with E-state index in [1.165, 1.54) is 12.1 Å². The number of alkyl halides is 3. The second kappa shape index (κ2) is 9.47. The molecule has 160 valence electrons. The fourth-order valence-corrected chi connectivity index (χ4v) is 3.12. The highest BCUT2D eigenvalue weighted by Gasteiger charge is 2.30. The Balaban J connectivity index is 1.39. The molecule has 1 fully saturated rings. The number of urea groups is 1. The highest BCUT2D eigenvalue weighted by molar-refractivity contribution is 5.89. The monoisotopic (exact) mass is 421 g/mol. The van der Waals surface area contributed by atoms with Gasteiger partial charge in [0.25, 0.3) is 0 Å². The first kappa shape index (κ1) is 21.4. The molecule has 0 atom stereocenters. The molecule has 7 nitrogen and oxygen atoms in total. The Hall–Kier alpha value is -3.30. The van der Waals surface area contributed by atoms with E-state index in [4.69, 9.17) is 0 Å². The van der Waals surface area contributed by atoms with Crippen LogP contribution in [0.15, 0.2) is 48.7 Å². The molecule has 0 bridgehead atoms. The van der Waals surface area contributed by atoms with Crippen LogP contribution in [0, 0.1) is 0 Å². The molecule has 1 saturated heterocycles. The maximum atomic E-state index is 12.7. The normalized spacial score (nSPS) is 14.4. The van der Waals surface area contributed by atoms with E-state index in [0.717, 1.165) is 18.0 Å². The lowest BCUT2D eigenvalue weighted by Gasteiger charge is -2.35. The predicted octanol–water partition coefficient (Wildman–Crippen LogP) is 2.96. The number of anilines is 2. The minimum atomic E-state index is -4.48. The van der Waals surface area contributed by atoms with E-state index in [2.05, 4.69) is 20.5 Å². The molecular formula is C20H22F3N5O2. The molecule has 0 unspecified atom stereocenters. The van der Waals surface area contributed by atoms with Crippen LogP contribution in [0.25, 0.3) is 0 Å². The van der Waals surface area contributed by atoms with Crippen molar-refractivity contribution in [1.29, 1.82) is 0 Å². The lowest BCUT2D eigenvalue weighted by molar-refractivity contribution is -0.137. The second-order valence-electron chi connectivity index (χ2n) is 6.77. The van der Waals surface area contributed by atoms with E-state index in [0.29, 0.717) is 26.2 Å². The number of carbonyl (C=O) groups is 2. The Morgan fingerprint density at radius 3 is 2.47 bits per heavy atom. The topological polar surface area (TPSA) is 77.6 Å². The van der Waals surface area contributed by atoms with Crippen molar-refractivity contribution in [3.05, 3.63) is 54.2 Å². The molecule has 1 aliphatic heterocycles. The fraction of sp³-hybridized carbons (Fsp3) is 0.350. The lowest BCUT2D eigenvalue weighted by Crippen LogP contribution is -2.49. The number of halogens is 3. The number of benzene rings is 1. The van der Waals surface area contributed by atoms with Gasteiger partial charge in [-0.1, -0.05) is 12.1 Å². The van der Waals surface area contributed by atoms with Crippen molar-refractivity contribution in [1.82, 2.24) is 15.2 Å². The molecule has 3 rings (SSSR count). The zero-order valence-electron chi connectivity index (χ0n) is 16.2. The summed E-state index contributed by atoms with van der Waals surface area (Å²) in [5.74, 6) is 0.785. The summed E-state index contributed by atoms with van der Waals surface area (Å²) in [6, 6.07) is 9.37. The third kappa shape index (κ3) is 5.85. The third-order valence-corrected chi connectivity index (χ3v) is 4.68. The van der Waals surface area contributed by atoms with Gasteiger partial charge in [0.15, 0.2) is 0 Å². The van der Waals surface area contributed by atoms with Gasteiger partial charge in [0.05, 0.1) is 5.56 Å². The summed E-state index contributed by atoms with van der Waals surface area (Å²) in [6.07, 6.45) is -2.65. The quantitative estimate of drug-likeness (QED) is 0.778. The van der Waals surface area contributed by atoms with Gasteiger partial charge in [-0.25, -0.2) is 9.78 Å². The van der Waals surface area contributed by atoms with Crippen molar-refractivity contribution in [3.8, 4) is 0 Å². The zero-order valence-corrected chi connectivity index (χ0v) is 16.2. The van der Waals surface area contributed by atoms with Crippen LogP contribution in [0.1, 0.15) is 12.0 Å². The fourth-order valence-electron chi connectivity index (χ4n) is 3.12. The van der Waals surface area contributed by atoms with Crippen molar-refractivity contribution in [3.63, 3.8) is 0 Å². The predicted molar refractivity (Wildman–Crippen MR) is 106 cm³/mol. The Bertz CT molecular complexity index is 868. The summed E-state index contributed by atoms with van der Waals surface area (Å²) in [5.41, 5.74) is -0.820. The smallest absolute Gasteiger partial charge is 0.353 e. The van der Waals surface area contributed by atoms with Crippen molar-refractivity contribution >= 4 is 23.4 Å². The second-order valence-corrected chi connectivity index (χ2v) is 6.77. The van der Waals surface area contributed by atoms with Gasteiger partial charge < -0.3 is 20.4 Å². The molecular weight excluding hydrogens is 399 g/mol. The first-order chi connectivity index (χ1) is 14.3. The SMILES string of the molecule is O=C(NCCC(=O)N1CCN(c2ccccn2)CC1)Nc1cccc(C(F)(F)F)c1. The van der Waals surface area contributed by atoms with Crippen LogP contribution in [0.2, 0.25) is 0 Å². The van der Waals surface area contributed by atoms with E-state index in [1.54, 1.807) is 11.1 Å². The average Bonchev–Trinajstić information content (AvgIpc) is 2.74. The van der Waals surface area contributed by atoms with Gasteiger partial charge in [-0.2, -0.15) is 13.2 Å². The van der Waals surface area contributed by atoms with Gasteiger partial charge in [-0.15, -0.1) is 0 Å². The summed E-state index contributed by atoms with van der Waals surface area (Å²) < 4.78 is 38.2. The third-order valence-electron chi connectivity index (χ3n) is 4.68. The van der Waals surface area contributed by atoms with E-state index in [-0.39, 0.29) is 24.6 Å². The van der Waals surface area contributed by atoms with Crippen LogP contribution in [0.5, 0.6) is 0 Å². The van der Waals surface area contributed by atoms with Gasteiger partial charge in [-0.3, -0.25) is 4.79 Å². The van der Waals surface area contributed by atoms with E-state index >= 15 is 0 Å². The van der Waals surface area contributed by atoms with Crippen molar-refractivity contribution < 1.29 is 22.8 Å². The van der Waals surface area contributed by atoms with E-state index in [9.17, 15) is 22.8 Å². The average molecular weight is 421 g/mol. The number of carbonyl (C=O) groups excluding carboxylic acids is 2. The van der Waals surface area contributed by atoms with Gasteiger partial charge in [0.2, 0.25) is 5.91 Å². The number of aromatic nitrogens is 1. The lowest BCUT2D eigenvalue weighted by atomic mass is 10.2. The van der Waals surface area contributed by atoms with Crippen LogP contribution >= 0.6 is 0 Å². The number of rotatable bonds is 5. The Labute approximate surface area is 171 Å². The number of nitrogens with one attached hydrogen (secondary N) is 2. The largest absolute Gasteiger partial charge is 0.416 e. The molecule has 0 saturated carbocycles. The molecule has 2 N–H and O–H groups in total. The summed E-state index contributed by atoms with van der Waals surface area (Å²) in [6.45, 7) is 2.56. The summed E-state index contributed by atoms with van der Waals surface area (Å²) >= 11 is 0. The van der Waals surface area contributed by atoms with Crippen molar-refractivity contribution in [2.75, 3.05) is 42.9 Å². The minimum absolute atomic E-state index is 0.0271. The van der Waals surface area contributed by atoms with Gasteiger partial charge in [0, 0.05) is 51.0 Å². The summed E-state index contributed by atoms with van der Waals surface area (Å²) in [4.78, 5) is 32.4. The van der Waals surface area contributed by atoms with Gasteiger partial charge in [0.1, 0.15) is 5.82 Å². The number of nitrogens with zero attached hydrogens (tertiary/aromatic N) is 3. The maximum Gasteiger partial charge on any atom is 0.416 e. The Morgan fingerprint density at radius 2 is 1.80 bits per heavy atom. The van der Waals surface area contributed by atoms with Crippen LogP contribution in [0.3, 0.4) is 0 Å². The van der Waals surface area contributed by atoms with Gasteiger partial charge in [-0.05, 0) is 30.3 Å². The molecule has 0 aliphatic carbocycles. The first-order valence-corrected chi connectivity index (χ1v) is 9.49. The van der Waals surface area contributed by atoms with Crippen molar-refractivity contribution in [2.45, 2.75) is 12.6 Å². The van der Waals surface area contributed by atoms with Gasteiger partial charge >= 0.3 is 12.2 Å². The Morgan fingerprint density at radius 1 is 1.03 bits per heavy atom. The number of piperazine rings is 1. The minimum Gasteiger partial charge on any atom is -0.353 e. The first-order valence-electron chi connectivity index (χ1n) is 9.49. The number of hydrogen-bond donors (Lipinski definition) is 2. The van der Waals surface area contributed by atoms with E-state index in [1.807, 2.05) is 18.2 Å². The molecule has 30 heavy (non-hydrogen) atoms. The summed E-state index contributed by atoms with van der Waals surface area (Å²) in [5, 5.41) is 4.84. The van der Waals surface area contributed by atoms with Crippen LogP contribution in [0.4, 0.5) is 29.5 Å². The molecule has 0 spiro atoms. The highest BCUT2D eigenvalue weighted by Crippen LogP contribution is 2.30. The zero-order chi connectivity index (χ0) is 21.6.